The highest BCUT2D eigenvalue weighted by atomic mass is 16.4. The summed E-state index contributed by atoms with van der Waals surface area (Å²) in [6.07, 6.45) is 0.992. The van der Waals surface area contributed by atoms with Crippen molar-refractivity contribution < 1.29 is 9.90 Å². The van der Waals surface area contributed by atoms with Crippen LogP contribution in [0.2, 0.25) is 0 Å². The smallest absolute Gasteiger partial charge is 0.358 e. The van der Waals surface area contributed by atoms with Crippen LogP contribution in [0.5, 0.6) is 0 Å². The van der Waals surface area contributed by atoms with Crippen molar-refractivity contribution in [1.29, 1.82) is 0 Å². The van der Waals surface area contributed by atoms with E-state index in [1.54, 1.807) is 0 Å². The van der Waals surface area contributed by atoms with Gasteiger partial charge in [-0.3, -0.25) is 0 Å². The van der Waals surface area contributed by atoms with Crippen LogP contribution in [0.25, 0.3) is 10.9 Å². The van der Waals surface area contributed by atoms with E-state index in [0.29, 0.717) is 17.1 Å². The van der Waals surface area contributed by atoms with E-state index >= 15 is 0 Å². The van der Waals surface area contributed by atoms with Gasteiger partial charge < -0.3 is 10.0 Å². The van der Waals surface area contributed by atoms with E-state index < -0.39 is 5.97 Å². The van der Waals surface area contributed by atoms with Crippen LogP contribution in [0.4, 0.5) is 5.69 Å². The maximum Gasteiger partial charge on any atom is 0.358 e. The van der Waals surface area contributed by atoms with Crippen LogP contribution >= 0.6 is 0 Å². The predicted molar refractivity (Wildman–Crippen MR) is 79.2 cm³/mol. The van der Waals surface area contributed by atoms with Crippen molar-refractivity contribution in [3.63, 3.8) is 0 Å². The first-order valence-electron chi connectivity index (χ1n) is 6.70. The van der Waals surface area contributed by atoms with Gasteiger partial charge >= 0.3 is 5.97 Å². The number of hydrogen-bond acceptors (Lipinski definition) is 4. The molecule has 0 saturated heterocycles. The minimum absolute atomic E-state index is 0.00922. The minimum Gasteiger partial charge on any atom is -0.476 e. The number of carboxylic acid groups (broad SMARTS) is 1. The maximum absolute atomic E-state index is 11.4. The largest absolute Gasteiger partial charge is 0.476 e. The molecule has 0 amide bonds. The molecule has 5 nitrogen and oxygen atoms in total. The maximum atomic E-state index is 11.4. The lowest BCUT2D eigenvalue weighted by molar-refractivity contribution is 0.0690. The predicted octanol–water partition coefficient (Wildman–Crippen LogP) is 2.81. The molecule has 0 fully saturated rings. The van der Waals surface area contributed by atoms with Crippen molar-refractivity contribution in [3.05, 3.63) is 30.0 Å². The second-order valence-corrected chi connectivity index (χ2v) is 5.32. The highest BCUT2D eigenvalue weighted by Gasteiger charge is 2.19. The van der Waals surface area contributed by atoms with Gasteiger partial charge in [0.05, 0.1) is 11.2 Å². The third-order valence-corrected chi connectivity index (χ3v) is 3.27. The lowest BCUT2D eigenvalue weighted by Crippen LogP contribution is -2.23. The fraction of sp³-hybridized carbons (Fsp3) is 0.400. The van der Waals surface area contributed by atoms with E-state index in [9.17, 15) is 9.90 Å². The molecular formula is C15H19N3O2. The summed E-state index contributed by atoms with van der Waals surface area (Å²) in [7, 11) is 1.90. The van der Waals surface area contributed by atoms with Crippen molar-refractivity contribution in [2.45, 2.75) is 20.3 Å². The third-order valence-electron chi connectivity index (χ3n) is 3.27. The summed E-state index contributed by atoms with van der Waals surface area (Å²) in [5.41, 5.74) is 1.36. The van der Waals surface area contributed by atoms with Gasteiger partial charge in [0.1, 0.15) is 0 Å². The molecule has 0 aliphatic rings. The van der Waals surface area contributed by atoms with Crippen LogP contribution in [0.3, 0.4) is 0 Å². The molecule has 0 radical (unpaired) electrons. The Morgan fingerprint density at radius 3 is 2.65 bits per heavy atom. The zero-order valence-corrected chi connectivity index (χ0v) is 12.0. The van der Waals surface area contributed by atoms with Crippen molar-refractivity contribution in [2.75, 3.05) is 18.5 Å². The Balaban J connectivity index is 2.51. The molecule has 0 aliphatic heterocycles. The Bertz CT molecular complexity index is 626. The average molecular weight is 273 g/mol. The number of carbonyl (C=O) groups is 1. The number of nitrogens with zero attached hydrogens (tertiary/aromatic N) is 3. The summed E-state index contributed by atoms with van der Waals surface area (Å²) in [6, 6.07) is 7.48. The Kier molecular flexibility index (Phi) is 4.17. The molecule has 5 heteroatoms. The number of fused-ring (bicyclic) bond motifs is 1. The minimum atomic E-state index is -1.05. The second kappa shape index (κ2) is 5.86. The van der Waals surface area contributed by atoms with Gasteiger partial charge in [0.15, 0.2) is 5.69 Å². The third kappa shape index (κ3) is 2.87. The fourth-order valence-electron chi connectivity index (χ4n) is 2.13. The van der Waals surface area contributed by atoms with E-state index in [4.69, 9.17) is 0 Å². The van der Waals surface area contributed by atoms with Crippen molar-refractivity contribution in [1.82, 2.24) is 10.2 Å². The van der Waals surface area contributed by atoms with Crippen LogP contribution in [0.15, 0.2) is 24.3 Å². The zero-order chi connectivity index (χ0) is 14.7. The quantitative estimate of drug-likeness (QED) is 0.907. The molecule has 106 valence electrons. The molecule has 0 aliphatic carbocycles. The Hall–Kier alpha value is -2.17. The molecule has 1 aromatic heterocycles. The summed E-state index contributed by atoms with van der Waals surface area (Å²) in [5.74, 6) is -0.485. The topological polar surface area (TPSA) is 66.3 Å². The fourth-order valence-corrected chi connectivity index (χ4v) is 2.13. The summed E-state index contributed by atoms with van der Waals surface area (Å²) < 4.78 is 0. The van der Waals surface area contributed by atoms with Gasteiger partial charge in [-0.1, -0.05) is 32.0 Å². The first kappa shape index (κ1) is 14.2. The van der Waals surface area contributed by atoms with E-state index in [1.807, 2.05) is 36.2 Å². The van der Waals surface area contributed by atoms with Crippen molar-refractivity contribution in [3.8, 4) is 0 Å². The summed E-state index contributed by atoms with van der Waals surface area (Å²) in [4.78, 5) is 13.3. The number of hydrogen-bond donors (Lipinski definition) is 1. The van der Waals surface area contributed by atoms with Gasteiger partial charge in [-0.05, 0) is 18.4 Å². The molecule has 0 bridgehead atoms. The molecule has 0 atom stereocenters. The van der Waals surface area contributed by atoms with Gasteiger partial charge in [0, 0.05) is 19.0 Å². The average Bonchev–Trinajstić information content (AvgIpc) is 2.43. The second-order valence-electron chi connectivity index (χ2n) is 5.32. The normalized spacial score (nSPS) is 11.0. The molecule has 0 spiro atoms. The SMILES string of the molecule is CC(C)CCN(C)c1c(C(=O)O)nnc2ccccc12. The highest BCUT2D eigenvalue weighted by molar-refractivity contribution is 6.02. The van der Waals surface area contributed by atoms with Gasteiger partial charge in [0.2, 0.25) is 0 Å². The first-order chi connectivity index (χ1) is 9.50. The summed E-state index contributed by atoms with van der Waals surface area (Å²) >= 11 is 0. The Morgan fingerprint density at radius 1 is 1.30 bits per heavy atom. The number of aromatic carboxylic acids is 1. The number of benzene rings is 1. The van der Waals surface area contributed by atoms with Crippen LogP contribution in [-0.2, 0) is 0 Å². The van der Waals surface area contributed by atoms with Gasteiger partial charge in [0.25, 0.3) is 0 Å². The van der Waals surface area contributed by atoms with Crippen molar-refractivity contribution >= 4 is 22.6 Å². The molecule has 1 heterocycles. The standard InChI is InChI=1S/C15H19N3O2/c1-10(2)8-9-18(3)14-11-6-4-5-7-12(11)16-17-13(14)15(19)20/h4-7,10H,8-9H2,1-3H3,(H,19,20). The Morgan fingerprint density at radius 2 is 2.00 bits per heavy atom. The van der Waals surface area contributed by atoms with Crippen LogP contribution < -0.4 is 4.90 Å². The lowest BCUT2D eigenvalue weighted by atomic mass is 10.1. The van der Waals surface area contributed by atoms with Crippen molar-refractivity contribution in [2.24, 2.45) is 5.92 Å². The first-order valence-corrected chi connectivity index (χ1v) is 6.70. The van der Waals surface area contributed by atoms with E-state index in [1.165, 1.54) is 0 Å². The van der Waals surface area contributed by atoms with Crippen LogP contribution in [-0.4, -0.2) is 34.9 Å². The number of anilines is 1. The monoisotopic (exact) mass is 273 g/mol. The molecule has 2 aromatic rings. The number of carboxylic acids is 1. The molecule has 20 heavy (non-hydrogen) atoms. The number of rotatable bonds is 5. The van der Waals surface area contributed by atoms with E-state index in [0.717, 1.165) is 18.4 Å². The summed E-state index contributed by atoms with van der Waals surface area (Å²) in [5, 5.41) is 18.0. The van der Waals surface area contributed by atoms with Crippen LogP contribution in [0, 0.1) is 5.92 Å². The molecular weight excluding hydrogens is 254 g/mol. The molecule has 0 saturated carbocycles. The molecule has 0 unspecified atom stereocenters. The summed E-state index contributed by atoms with van der Waals surface area (Å²) in [6.45, 7) is 5.08. The van der Waals surface area contributed by atoms with Crippen LogP contribution in [0.1, 0.15) is 30.8 Å². The highest BCUT2D eigenvalue weighted by Crippen LogP contribution is 2.27. The van der Waals surface area contributed by atoms with E-state index in [2.05, 4.69) is 24.0 Å². The molecule has 1 N–H and O–H groups in total. The van der Waals surface area contributed by atoms with E-state index in [-0.39, 0.29) is 5.69 Å². The Labute approximate surface area is 118 Å². The number of aromatic nitrogens is 2. The molecule has 2 rings (SSSR count). The van der Waals surface area contributed by atoms with Gasteiger partial charge in [-0.2, -0.15) is 0 Å². The van der Waals surface area contributed by atoms with Gasteiger partial charge in [-0.25, -0.2) is 4.79 Å². The zero-order valence-electron chi connectivity index (χ0n) is 12.0. The van der Waals surface area contributed by atoms with Gasteiger partial charge in [-0.15, -0.1) is 10.2 Å². The lowest BCUT2D eigenvalue weighted by Gasteiger charge is -2.22. The molecule has 1 aromatic carbocycles.